The molecular weight excluding hydrogens is 293 g/mol. The van der Waals surface area contributed by atoms with E-state index in [0.29, 0.717) is 24.0 Å². The van der Waals surface area contributed by atoms with E-state index in [1.807, 2.05) is 25.2 Å². The van der Waals surface area contributed by atoms with Crippen molar-refractivity contribution in [3.05, 3.63) is 64.5 Å². The van der Waals surface area contributed by atoms with Crippen LogP contribution >= 0.6 is 0 Å². The minimum atomic E-state index is -0.261. The van der Waals surface area contributed by atoms with E-state index < -0.39 is 0 Å². The summed E-state index contributed by atoms with van der Waals surface area (Å²) < 4.78 is 14.8. The van der Waals surface area contributed by atoms with Gasteiger partial charge in [-0.05, 0) is 42.4 Å². The molecule has 0 unspecified atom stereocenters. The normalized spacial score (nSPS) is 14.9. The molecule has 0 saturated heterocycles. The molecule has 0 amide bonds. The highest BCUT2D eigenvalue weighted by atomic mass is 19.1. The number of aromatic nitrogens is 2. The zero-order valence-corrected chi connectivity index (χ0v) is 12.8. The van der Waals surface area contributed by atoms with Gasteiger partial charge in [0.05, 0.1) is 17.4 Å². The van der Waals surface area contributed by atoms with Gasteiger partial charge in [-0.15, -0.1) is 0 Å². The Hall–Kier alpha value is -2.53. The lowest BCUT2D eigenvalue weighted by Gasteiger charge is -2.25. The van der Waals surface area contributed by atoms with Gasteiger partial charge in [0, 0.05) is 13.1 Å². The Kier molecular flexibility index (Phi) is 3.23. The van der Waals surface area contributed by atoms with Crippen LogP contribution in [0, 0.1) is 5.82 Å². The fraction of sp³-hybridized carbons (Fsp3) is 0.222. The summed E-state index contributed by atoms with van der Waals surface area (Å²) in [7, 11) is 2.02. The van der Waals surface area contributed by atoms with Crippen LogP contribution in [-0.2, 0) is 13.1 Å². The van der Waals surface area contributed by atoms with E-state index in [2.05, 4.69) is 9.88 Å². The number of hydrogen-bond donors (Lipinski definition) is 0. The van der Waals surface area contributed by atoms with E-state index in [9.17, 15) is 9.18 Å². The topological polar surface area (TPSA) is 38.1 Å². The standard InChI is InChI=1S/C18H16FN3O/c1-21-8-9-22-17(11-21)20-16-10-13(4-7-15(16)18(22)23)12-2-5-14(19)6-3-12/h2-7,10H,8-9,11H2,1H3. The fourth-order valence-corrected chi connectivity index (χ4v) is 3.03. The zero-order chi connectivity index (χ0) is 16.0. The Bertz CT molecular complexity index is 947. The van der Waals surface area contributed by atoms with Crippen molar-refractivity contribution >= 4 is 10.9 Å². The number of halogens is 1. The molecule has 0 bridgehead atoms. The summed E-state index contributed by atoms with van der Waals surface area (Å²) in [6, 6.07) is 11.9. The maximum atomic E-state index is 13.1. The molecule has 0 atom stereocenters. The first-order valence-electron chi connectivity index (χ1n) is 7.60. The Balaban J connectivity index is 1.89. The van der Waals surface area contributed by atoms with Gasteiger partial charge in [-0.25, -0.2) is 9.37 Å². The predicted molar refractivity (Wildman–Crippen MR) is 87.7 cm³/mol. The number of fused-ring (bicyclic) bond motifs is 2. The highest BCUT2D eigenvalue weighted by molar-refractivity contribution is 5.83. The van der Waals surface area contributed by atoms with Crippen LogP contribution in [0.4, 0.5) is 4.39 Å². The van der Waals surface area contributed by atoms with Gasteiger partial charge in [0.25, 0.3) is 5.56 Å². The fourth-order valence-electron chi connectivity index (χ4n) is 3.03. The van der Waals surface area contributed by atoms with E-state index >= 15 is 0 Å². The summed E-state index contributed by atoms with van der Waals surface area (Å²) in [4.78, 5) is 19.5. The van der Waals surface area contributed by atoms with E-state index in [-0.39, 0.29) is 11.4 Å². The van der Waals surface area contributed by atoms with Crippen molar-refractivity contribution in [1.29, 1.82) is 0 Å². The maximum Gasteiger partial charge on any atom is 0.261 e. The average Bonchev–Trinajstić information content (AvgIpc) is 2.55. The number of rotatable bonds is 1. The third-order valence-electron chi connectivity index (χ3n) is 4.33. The zero-order valence-electron chi connectivity index (χ0n) is 12.8. The largest absolute Gasteiger partial charge is 0.297 e. The SMILES string of the molecule is CN1CCn2c(nc3cc(-c4ccc(F)cc4)ccc3c2=O)C1. The highest BCUT2D eigenvalue weighted by Gasteiger charge is 2.17. The van der Waals surface area contributed by atoms with E-state index in [0.717, 1.165) is 23.5 Å². The van der Waals surface area contributed by atoms with Crippen molar-refractivity contribution in [1.82, 2.24) is 14.5 Å². The molecule has 0 fully saturated rings. The van der Waals surface area contributed by atoms with Gasteiger partial charge < -0.3 is 0 Å². The van der Waals surface area contributed by atoms with Gasteiger partial charge in [-0.2, -0.15) is 0 Å². The monoisotopic (exact) mass is 309 g/mol. The molecule has 3 aromatic rings. The molecule has 4 nitrogen and oxygen atoms in total. The number of nitrogens with zero attached hydrogens (tertiary/aromatic N) is 3. The van der Waals surface area contributed by atoms with Gasteiger partial charge in [0.15, 0.2) is 0 Å². The van der Waals surface area contributed by atoms with Crippen molar-refractivity contribution in [2.75, 3.05) is 13.6 Å². The molecular formula is C18H16FN3O. The second-order valence-corrected chi connectivity index (χ2v) is 5.96. The molecule has 5 heteroatoms. The Morgan fingerprint density at radius 1 is 1.04 bits per heavy atom. The molecule has 1 aromatic heterocycles. The van der Waals surface area contributed by atoms with Crippen molar-refractivity contribution in [2.24, 2.45) is 0 Å². The lowest BCUT2D eigenvalue weighted by Crippen LogP contribution is -2.38. The van der Waals surface area contributed by atoms with E-state index in [1.165, 1.54) is 12.1 Å². The second kappa shape index (κ2) is 5.28. The summed E-state index contributed by atoms with van der Waals surface area (Å²) in [6.45, 7) is 2.20. The van der Waals surface area contributed by atoms with Crippen LogP contribution < -0.4 is 5.56 Å². The minimum absolute atomic E-state index is 0.0174. The molecule has 23 heavy (non-hydrogen) atoms. The van der Waals surface area contributed by atoms with Gasteiger partial charge >= 0.3 is 0 Å². The first kappa shape index (κ1) is 14.1. The summed E-state index contributed by atoms with van der Waals surface area (Å²) in [5, 5.41) is 0.629. The highest BCUT2D eigenvalue weighted by Crippen LogP contribution is 2.23. The first-order valence-corrected chi connectivity index (χ1v) is 7.60. The van der Waals surface area contributed by atoms with E-state index in [4.69, 9.17) is 0 Å². The Morgan fingerprint density at radius 2 is 1.78 bits per heavy atom. The molecule has 0 saturated carbocycles. The summed E-state index contributed by atoms with van der Waals surface area (Å²) >= 11 is 0. The molecule has 0 N–H and O–H groups in total. The Morgan fingerprint density at radius 3 is 2.57 bits per heavy atom. The van der Waals surface area contributed by atoms with Crippen LogP contribution in [0.2, 0.25) is 0 Å². The maximum absolute atomic E-state index is 13.1. The molecule has 0 aliphatic carbocycles. The molecule has 1 aliphatic rings. The summed E-state index contributed by atoms with van der Waals surface area (Å²) in [5.41, 5.74) is 2.55. The smallest absolute Gasteiger partial charge is 0.261 e. The predicted octanol–water partition coefficient (Wildman–Crippen LogP) is 2.65. The molecule has 1 aliphatic heterocycles. The first-order chi connectivity index (χ1) is 11.1. The lowest BCUT2D eigenvalue weighted by atomic mass is 10.0. The molecule has 2 aromatic carbocycles. The van der Waals surface area contributed by atoms with Gasteiger partial charge in [0.1, 0.15) is 11.6 Å². The quantitative estimate of drug-likeness (QED) is 0.693. The van der Waals surface area contributed by atoms with Crippen molar-refractivity contribution in [3.8, 4) is 11.1 Å². The van der Waals surface area contributed by atoms with Crippen molar-refractivity contribution < 1.29 is 4.39 Å². The van der Waals surface area contributed by atoms with Gasteiger partial charge in [-0.3, -0.25) is 14.3 Å². The minimum Gasteiger partial charge on any atom is -0.297 e. The summed E-state index contributed by atoms with van der Waals surface area (Å²) in [5.74, 6) is 0.538. The summed E-state index contributed by atoms with van der Waals surface area (Å²) in [6.07, 6.45) is 0. The van der Waals surface area contributed by atoms with E-state index in [1.54, 1.807) is 16.7 Å². The van der Waals surface area contributed by atoms with Crippen molar-refractivity contribution in [3.63, 3.8) is 0 Å². The van der Waals surface area contributed by atoms with Crippen LogP contribution in [0.25, 0.3) is 22.0 Å². The van der Waals surface area contributed by atoms with Crippen molar-refractivity contribution in [2.45, 2.75) is 13.1 Å². The number of likely N-dealkylation sites (N-methyl/N-ethyl adjacent to an activating group) is 1. The Labute approximate surface area is 132 Å². The lowest BCUT2D eigenvalue weighted by molar-refractivity contribution is 0.259. The van der Waals surface area contributed by atoms with Gasteiger partial charge in [0.2, 0.25) is 0 Å². The van der Waals surface area contributed by atoms with Crippen LogP contribution in [-0.4, -0.2) is 28.0 Å². The average molecular weight is 309 g/mol. The molecule has 0 radical (unpaired) electrons. The number of hydrogen-bond acceptors (Lipinski definition) is 3. The molecule has 4 rings (SSSR count). The third-order valence-corrected chi connectivity index (χ3v) is 4.33. The third kappa shape index (κ3) is 2.43. The molecule has 2 heterocycles. The molecule has 0 spiro atoms. The van der Waals surface area contributed by atoms with Crippen LogP contribution in [0.1, 0.15) is 5.82 Å². The van der Waals surface area contributed by atoms with Gasteiger partial charge in [-0.1, -0.05) is 18.2 Å². The van der Waals surface area contributed by atoms with Crippen LogP contribution in [0.5, 0.6) is 0 Å². The van der Waals surface area contributed by atoms with Crippen LogP contribution in [0.15, 0.2) is 47.3 Å². The van der Waals surface area contributed by atoms with Crippen LogP contribution in [0.3, 0.4) is 0 Å². The second-order valence-electron chi connectivity index (χ2n) is 5.96. The number of benzene rings is 2. The molecule has 116 valence electrons.